The zero-order chi connectivity index (χ0) is 22.5. The summed E-state index contributed by atoms with van der Waals surface area (Å²) in [5, 5.41) is 4.19. The second kappa shape index (κ2) is 10.2. The van der Waals surface area contributed by atoms with Crippen molar-refractivity contribution < 1.29 is 9.26 Å². The monoisotopic (exact) mass is 430 g/mol. The first-order chi connectivity index (χ1) is 15.6. The summed E-state index contributed by atoms with van der Waals surface area (Å²) in [6, 6.07) is 17.6. The minimum atomic E-state index is 0.292. The predicted octanol–water partition coefficient (Wildman–Crippen LogP) is 6.52. The maximum Gasteiger partial charge on any atom is 0.259 e. The topological polar surface area (TPSA) is 38.5 Å². The normalized spacial score (nSPS) is 15.5. The number of ether oxygens (including phenoxy) is 1. The molecule has 0 radical (unpaired) electrons. The molecule has 0 N–H and O–H groups in total. The highest BCUT2D eigenvalue weighted by Gasteiger charge is 2.31. The lowest BCUT2D eigenvalue weighted by molar-refractivity contribution is 0.214. The van der Waals surface area contributed by atoms with Gasteiger partial charge in [0.1, 0.15) is 5.76 Å². The lowest BCUT2D eigenvalue weighted by Gasteiger charge is -2.30. The van der Waals surface area contributed by atoms with Crippen LogP contribution in [0.3, 0.4) is 0 Å². The van der Waals surface area contributed by atoms with Crippen LogP contribution < -0.4 is 4.74 Å². The van der Waals surface area contributed by atoms with E-state index < -0.39 is 0 Å². The van der Waals surface area contributed by atoms with E-state index >= 15 is 0 Å². The maximum atomic E-state index is 5.77. The third-order valence-electron chi connectivity index (χ3n) is 6.50. The largest absolute Gasteiger partial charge is 0.476 e. The van der Waals surface area contributed by atoms with Crippen LogP contribution >= 0.6 is 0 Å². The van der Waals surface area contributed by atoms with Crippen molar-refractivity contribution in [2.45, 2.75) is 52.5 Å². The van der Waals surface area contributed by atoms with E-state index in [1.165, 1.54) is 27.8 Å². The zero-order valence-corrected chi connectivity index (χ0v) is 19.7. The smallest absolute Gasteiger partial charge is 0.259 e. The molecule has 0 fully saturated rings. The van der Waals surface area contributed by atoms with Gasteiger partial charge in [-0.25, -0.2) is 0 Å². The Kier molecular flexibility index (Phi) is 7.11. The second-order valence-corrected chi connectivity index (χ2v) is 8.68. The number of benzene rings is 2. The Balaban J connectivity index is 1.57. The number of hydrogen-bond donors (Lipinski definition) is 0. The van der Waals surface area contributed by atoms with Crippen LogP contribution in [0, 0.1) is 13.8 Å². The van der Waals surface area contributed by atoms with Crippen LogP contribution in [0.15, 0.2) is 59.1 Å². The van der Waals surface area contributed by atoms with Gasteiger partial charge < -0.3 is 9.26 Å². The Morgan fingerprint density at radius 1 is 1.09 bits per heavy atom. The number of hydrogen-bond acceptors (Lipinski definition) is 4. The number of rotatable bonds is 8. The van der Waals surface area contributed by atoms with E-state index in [0.29, 0.717) is 18.5 Å². The van der Waals surface area contributed by atoms with Gasteiger partial charge in [-0.1, -0.05) is 54.6 Å². The first-order valence-electron chi connectivity index (χ1n) is 11.7. The summed E-state index contributed by atoms with van der Waals surface area (Å²) < 4.78 is 11.4. The van der Waals surface area contributed by atoms with Gasteiger partial charge in [0.2, 0.25) is 0 Å². The average Bonchev–Trinajstić information content (AvgIpc) is 3.21. The third kappa shape index (κ3) is 4.66. The summed E-state index contributed by atoms with van der Waals surface area (Å²) >= 11 is 0. The Bertz CT molecular complexity index is 1040. The fraction of sp³-hybridized carbons (Fsp3) is 0.393. The van der Waals surface area contributed by atoms with Crippen LogP contribution in [-0.2, 0) is 6.42 Å². The zero-order valence-electron chi connectivity index (χ0n) is 19.7. The summed E-state index contributed by atoms with van der Waals surface area (Å²) in [6.07, 6.45) is 6.55. The molecule has 0 saturated carbocycles. The van der Waals surface area contributed by atoms with Crippen LogP contribution in [0.5, 0.6) is 5.88 Å². The molecule has 0 amide bonds. The molecule has 1 atom stereocenters. The molecule has 4 nitrogen and oxygen atoms in total. The highest BCUT2D eigenvalue weighted by molar-refractivity contribution is 5.82. The van der Waals surface area contributed by atoms with E-state index in [1.54, 1.807) is 0 Å². The molecule has 1 aromatic heterocycles. The van der Waals surface area contributed by atoms with Gasteiger partial charge in [0, 0.05) is 19.0 Å². The minimum absolute atomic E-state index is 0.292. The molecule has 1 unspecified atom stereocenters. The van der Waals surface area contributed by atoms with Crippen molar-refractivity contribution in [2.24, 2.45) is 0 Å². The van der Waals surface area contributed by atoms with E-state index in [4.69, 9.17) is 9.26 Å². The molecular weight excluding hydrogens is 396 g/mol. The number of fused-ring (bicyclic) bond motifs is 1. The molecule has 168 valence electrons. The molecule has 0 bridgehead atoms. The van der Waals surface area contributed by atoms with Gasteiger partial charge in [-0.15, -0.1) is 0 Å². The molecule has 0 aliphatic heterocycles. The van der Waals surface area contributed by atoms with E-state index in [0.717, 1.165) is 43.6 Å². The van der Waals surface area contributed by atoms with Crippen LogP contribution in [0.1, 0.15) is 65.8 Å². The molecular formula is C28H34N2O2. The van der Waals surface area contributed by atoms with Crippen LogP contribution in [-0.4, -0.2) is 30.3 Å². The molecule has 0 saturated heterocycles. The fourth-order valence-electron chi connectivity index (χ4n) is 4.79. The summed E-state index contributed by atoms with van der Waals surface area (Å²) in [4.78, 5) is 2.43. The lowest BCUT2D eigenvalue weighted by atomic mass is 9.90. The van der Waals surface area contributed by atoms with Gasteiger partial charge in [-0.2, -0.15) is 0 Å². The van der Waals surface area contributed by atoms with E-state index in [2.05, 4.69) is 85.6 Å². The van der Waals surface area contributed by atoms with E-state index in [-0.39, 0.29) is 0 Å². The molecule has 2 aromatic carbocycles. The van der Waals surface area contributed by atoms with Crippen molar-refractivity contribution in [3.63, 3.8) is 0 Å². The van der Waals surface area contributed by atoms with Gasteiger partial charge >= 0.3 is 0 Å². The van der Waals surface area contributed by atoms with Crippen molar-refractivity contribution in [2.75, 3.05) is 20.2 Å². The highest BCUT2D eigenvalue weighted by Crippen LogP contribution is 2.39. The van der Waals surface area contributed by atoms with Crippen LogP contribution in [0.2, 0.25) is 0 Å². The highest BCUT2D eigenvalue weighted by atomic mass is 16.5. The first-order valence-corrected chi connectivity index (χ1v) is 11.7. The van der Waals surface area contributed by atoms with Crippen LogP contribution in [0.25, 0.3) is 5.57 Å². The van der Waals surface area contributed by atoms with Crippen molar-refractivity contribution in [3.8, 4) is 5.88 Å². The van der Waals surface area contributed by atoms with Gasteiger partial charge in [0.25, 0.3) is 5.88 Å². The quantitative estimate of drug-likeness (QED) is 0.408. The Labute approximate surface area is 191 Å². The second-order valence-electron chi connectivity index (χ2n) is 8.68. The standard InChI is InChI=1S/C28H34N2O2/c1-5-31-28-27-25(17-10-18-26(27)32-29-28)30(4)19-11-16-24(22-14-8-6-12-20(22)2)23-15-9-7-13-21(23)3/h6-9,12-16,25H,5,10-11,17-19H2,1-4H3. The van der Waals surface area contributed by atoms with Crippen molar-refractivity contribution in [1.82, 2.24) is 10.1 Å². The Morgan fingerprint density at radius 2 is 1.75 bits per heavy atom. The number of aromatic nitrogens is 1. The average molecular weight is 431 g/mol. The van der Waals surface area contributed by atoms with E-state index in [1.807, 2.05) is 6.92 Å². The summed E-state index contributed by atoms with van der Waals surface area (Å²) in [5.41, 5.74) is 7.70. The molecule has 1 aliphatic carbocycles. The lowest BCUT2D eigenvalue weighted by Crippen LogP contribution is -2.28. The Morgan fingerprint density at radius 3 is 2.38 bits per heavy atom. The summed E-state index contributed by atoms with van der Waals surface area (Å²) in [5.74, 6) is 1.67. The third-order valence-corrected chi connectivity index (χ3v) is 6.50. The van der Waals surface area contributed by atoms with E-state index in [9.17, 15) is 0 Å². The molecule has 4 heteroatoms. The van der Waals surface area contributed by atoms with Gasteiger partial charge in [0.15, 0.2) is 0 Å². The minimum Gasteiger partial charge on any atom is -0.476 e. The number of aryl methyl sites for hydroxylation is 3. The molecule has 32 heavy (non-hydrogen) atoms. The van der Waals surface area contributed by atoms with Crippen molar-refractivity contribution in [3.05, 3.63) is 88.2 Å². The van der Waals surface area contributed by atoms with Crippen molar-refractivity contribution >= 4 is 5.57 Å². The molecule has 1 heterocycles. The van der Waals surface area contributed by atoms with Gasteiger partial charge in [-0.3, -0.25) is 4.90 Å². The molecule has 3 aromatic rings. The molecule has 4 rings (SSSR count). The molecule has 0 spiro atoms. The maximum absolute atomic E-state index is 5.77. The predicted molar refractivity (Wildman–Crippen MR) is 130 cm³/mol. The number of nitrogens with zero attached hydrogens (tertiary/aromatic N) is 2. The molecule has 1 aliphatic rings. The SMILES string of the molecule is CCOc1noc2c1C(N(C)CCC=C(c1ccccc1C)c1ccccc1C)CCC2. The Hall–Kier alpha value is -2.85. The summed E-state index contributed by atoms with van der Waals surface area (Å²) in [7, 11) is 2.21. The fourth-order valence-corrected chi connectivity index (χ4v) is 4.79. The summed E-state index contributed by atoms with van der Waals surface area (Å²) in [6.45, 7) is 7.94. The van der Waals surface area contributed by atoms with Crippen molar-refractivity contribution in [1.29, 1.82) is 0 Å². The van der Waals surface area contributed by atoms with Gasteiger partial charge in [-0.05, 0) is 80.1 Å². The van der Waals surface area contributed by atoms with Gasteiger partial charge in [0.05, 0.1) is 12.2 Å². The van der Waals surface area contributed by atoms with Crippen LogP contribution in [0.4, 0.5) is 0 Å². The first kappa shape index (κ1) is 22.3.